The van der Waals surface area contributed by atoms with Gasteiger partial charge in [0.05, 0.1) is 24.3 Å². The second-order valence-electron chi connectivity index (χ2n) is 4.35. The molecule has 0 saturated heterocycles. The van der Waals surface area contributed by atoms with Gasteiger partial charge in [-0.1, -0.05) is 6.07 Å². The number of rotatable bonds is 4. The molecule has 0 unspecified atom stereocenters. The number of nitrogens with one attached hydrogen (secondary N) is 1. The van der Waals surface area contributed by atoms with Crippen LogP contribution in [0, 0.1) is 0 Å². The molecule has 0 atom stereocenters. The van der Waals surface area contributed by atoms with Crippen LogP contribution in [0.15, 0.2) is 42.7 Å². The van der Waals surface area contributed by atoms with E-state index < -0.39 is 5.97 Å². The Hall–Kier alpha value is -2.47. The van der Waals surface area contributed by atoms with E-state index in [0.29, 0.717) is 12.2 Å². The Balaban J connectivity index is 1.86. The predicted molar refractivity (Wildman–Crippen MR) is 82.5 cm³/mol. The van der Waals surface area contributed by atoms with Crippen molar-refractivity contribution >= 4 is 32.4 Å². The third-order valence-electron chi connectivity index (χ3n) is 2.99. The number of aromatic nitrogens is 2. The summed E-state index contributed by atoms with van der Waals surface area (Å²) in [6.45, 7) is 0.634. The monoisotopic (exact) mass is 299 g/mol. The molecule has 21 heavy (non-hydrogen) atoms. The Bertz CT molecular complexity index is 771. The Morgan fingerprint density at radius 2 is 2.19 bits per heavy atom. The van der Waals surface area contributed by atoms with Gasteiger partial charge in [-0.25, -0.2) is 9.78 Å². The first-order chi connectivity index (χ1) is 10.3. The highest BCUT2D eigenvalue weighted by Gasteiger charge is 2.14. The van der Waals surface area contributed by atoms with Crippen LogP contribution in [-0.4, -0.2) is 23.0 Å². The molecule has 0 aliphatic rings. The van der Waals surface area contributed by atoms with Crippen molar-refractivity contribution in [3.63, 3.8) is 0 Å². The summed E-state index contributed by atoms with van der Waals surface area (Å²) in [5.41, 5.74) is 1.30. The highest BCUT2D eigenvalue weighted by molar-refractivity contribution is 7.22. The summed E-state index contributed by atoms with van der Waals surface area (Å²) >= 11 is 1.57. The minimum absolute atomic E-state index is 0.345. The van der Waals surface area contributed by atoms with E-state index >= 15 is 0 Å². The maximum Gasteiger partial charge on any atom is 0.357 e. The third kappa shape index (κ3) is 2.85. The molecule has 6 heteroatoms. The van der Waals surface area contributed by atoms with E-state index in [1.54, 1.807) is 23.7 Å². The summed E-state index contributed by atoms with van der Waals surface area (Å²) in [6, 6.07) is 9.60. The number of nitrogens with zero attached hydrogens (tertiary/aromatic N) is 2. The fraction of sp³-hybridized carbons (Fsp3) is 0.133. The summed E-state index contributed by atoms with van der Waals surface area (Å²) in [5.74, 6) is -0.422. The molecular weight excluding hydrogens is 286 g/mol. The minimum atomic E-state index is -0.422. The molecule has 0 amide bonds. The molecular formula is C15H13N3O2S. The Morgan fingerprint density at radius 3 is 2.95 bits per heavy atom. The van der Waals surface area contributed by atoms with Crippen LogP contribution in [0.1, 0.15) is 16.2 Å². The number of carbonyl (C=O) groups excluding carboxylic acids is 1. The fourth-order valence-electron chi connectivity index (χ4n) is 1.99. The topological polar surface area (TPSA) is 64.1 Å². The molecule has 0 bridgehead atoms. The van der Waals surface area contributed by atoms with E-state index in [9.17, 15) is 4.79 Å². The van der Waals surface area contributed by atoms with Crippen molar-refractivity contribution < 1.29 is 9.53 Å². The van der Waals surface area contributed by atoms with Gasteiger partial charge in [0, 0.05) is 22.5 Å². The Labute approximate surface area is 125 Å². The molecule has 0 fully saturated rings. The number of thiophene rings is 1. The number of pyridine rings is 2. The maximum absolute atomic E-state index is 11.7. The second-order valence-corrected chi connectivity index (χ2v) is 5.43. The van der Waals surface area contributed by atoms with E-state index in [-0.39, 0.29) is 0 Å². The van der Waals surface area contributed by atoms with E-state index in [1.807, 2.05) is 30.3 Å². The zero-order valence-electron chi connectivity index (χ0n) is 11.4. The van der Waals surface area contributed by atoms with Gasteiger partial charge in [0.25, 0.3) is 0 Å². The van der Waals surface area contributed by atoms with Gasteiger partial charge in [-0.3, -0.25) is 4.98 Å². The molecule has 0 aliphatic heterocycles. The van der Waals surface area contributed by atoms with Crippen molar-refractivity contribution in [2.24, 2.45) is 0 Å². The largest absolute Gasteiger partial charge is 0.464 e. The lowest BCUT2D eigenvalue weighted by molar-refractivity contribution is 0.0596. The van der Waals surface area contributed by atoms with Gasteiger partial charge in [-0.15, -0.1) is 11.3 Å². The predicted octanol–water partition coefficient (Wildman–Crippen LogP) is 3.09. The number of hydrogen-bond acceptors (Lipinski definition) is 6. The highest BCUT2D eigenvalue weighted by Crippen LogP contribution is 2.31. The van der Waals surface area contributed by atoms with Crippen molar-refractivity contribution in [2.75, 3.05) is 12.4 Å². The molecule has 0 aromatic carbocycles. The zero-order valence-corrected chi connectivity index (χ0v) is 12.2. The lowest BCUT2D eigenvalue weighted by atomic mass is 10.2. The van der Waals surface area contributed by atoms with Gasteiger partial charge >= 0.3 is 5.97 Å². The fourth-order valence-corrected chi connectivity index (χ4v) is 2.94. The molecule has 3 aromatic rings. The van der Waals surface area contributed by atoms with Gasteiger partial charge < -0.3 is 10.1 Å². The number of methoxy groups -OCH3 is 1. The van der Waals surface area contributed by atoms with E-state index in [4.69, 9.17) is 4.74 Å². The van der Waals surface area contributed by atoms with E-state index in [0.717, 1.165) is 20.8 Å². The van der Waals surface area contributed by atoms with Crippen LogP contribution in [0.4, 0.5) is 5.00 Å². The summed E-state index contributed by atoms with van der Waals surface area (Å²) in [5, 5.41) is 5.08. The van der Waals surface area contributed by atoms with Crippen molar-refractivity contribution in [3.05, 3.63) is 54.1 Å². The maximum atomic E-state index is 11.7. The van der Waals surface area contributed by atoms with Crippen LogP contribution in [0.5, 0.6) is 0 Å². The van der Waals surface area contributed by atoms with Gasteiger partial charge in [-0.2, -0.15) is 0 Å². The average Bonchev–Trinajstić information content (AvgIpc) is 2.96. The molecule has 0 saturated carbocycles. The Kier molecular flexibility index (Phi) is 3.79. The highest BCUT2D eigenvalue weighted by atomic mass is 32.1. The van der Waals surface area contributed by atoms with Gasteiger partial charge in [-0.05, 0) is 24.3 Å². The zero-order chi connectivity index (χ0) is 14.7. The van der Waals surface area contributed by atoms with Crippen molar-refractivity contribution in [1.29, 1.82) is 0 Å². The molecule has 5 nitrogen and oxygen atoms in total. The molecule has 106 valence electrons. The molecule has 1 N–H and O–H groups in total. The second kappa shape index (κ2) is 5.88. The number of ether oxygens (including phenoxy) is 1. The number of hydrogen-bond donors (Lipinski definition) is 1. The number of anilines is 1. The quantitative estimate of drug-likeness (QED) is 0.750. The summed E-state index contributed by atoms with van der Waals surface area (Å²) in [6.07, 6.45) is 3.38. The SMILES string of the molecule is COC(=O)c1nccc2sc(NCc3ccccn3)cc12. The van der Waals surface area contributed by atoms with Crippen LogP contribution in [0.2, 0.25) is 0 Å². The van der Waals surface area contributed by atoms with Crippen LogP contribution in [0.3, 0.4) is 0 Å². The summed E-state index contributed by atoms with van der Waals surface area (Å²) in [7, 11) is 1.36. The first kappa shape index (κ1) is 13.5. The van der Waals surface area contributed by atoms with Crippen LogP contribution >= 0.6 is 11.3 Å². The smallest absolute Gasteiger partial charge is 0.357 e. The lowest BCUT2D eigenvalue weighted by Gasteiger charge is -2.01. The number of esters is 1. The first-order valence-electron chi connectivity index (χ1n) is 6.38. The van der Waals surface area contributed by atoms with Crippen LogP contribution in [0.25, 0.3) is 10.1 Å². The summed E-state index contributed by atoms with van der Waals surface area (Å²) in [4.78, 5) is 20.1. The molecule has 3 heterocycles. The van der Waals surface area contributed by atoms with Gasteiger partial charge in [0.1, 0.15) is 0 Å². The normalized spacial score (nSPS) is 10.5. The van der Waals surface area contributed by atoms with Gasteiger partial charge in [0.2, 0.25) is 0 Å². The molecule has 0 spiro atoms. The lowest BCUT2D eigenvalue weighted by Crippen LogP contribution is -2.03. The molecule has 0 aliphatic carbocycles. The number of fused-ring (bicyclic) bond motifs is 1. The first-order valence-corrected chi connectivity index (χ1v) is 7.20. The minimum Gasteiger partial charge on any atom is -0.464 e. The van der Waals surface area contributed by atoms with Crippen molar-refractivity contribution in [1.82, 2.24) is 9.97 Å². The number of carbonyl (C=O) groups is 1. The standard InChI is InChI=1S/C15H13N3O2S/c1-20-15(19)14-11-8-13(21-12(11)5-7-17-14)18-9-10-4-2-3-6-16-10/h2-8,18H,9H2,1H3. The Morgan fingerprint density at radius 1 is 1.29 bits per heavy atom. The van der Waals surface area contributed by atoms with Crippen molar-refractivity contribution in [3.8, 4) is 0 Å². The summed E-state index contributed by atoms with van der Waals surface area (Å²) < 4.78 is 5.75. The molecule has 3 rings (SSSR count). The van der Waals surface area contributed by atoms with E-state index in [2.05, 4.69) is 15.3 Å². The van der Waals surface area contributed by atoms with Gasteiger partial charge in [0.15, 0.2) is 5.69 Å². The van der Waals surface area contributed by atoms with Crippen LogP contribution < -0.4 is 5.32 Å². The third-order valence-corrected chi connectivity index (χ3v) is 4.05. The average molecular weight is 299 g/mol. The van der Waals surface area contributed by atoms with Crippen molar-refractivity contribution in [2.45, 2.75) is 6.54 Å². The van der Waals surface area contributed by atoms with E-state index in [1.165, 1.54) is 7.11 Å². The molecule has 3 aromatic heterocycles. The molecule has 0 radical (unpaired) electrons. The van der Waals surface area contributed by atoms with Crippen LogP contribution in [-0.2, 0) is 11.3 Å².